The number of nitro groups is 1. The summed E-state index contributed by atoms with van der Waals surface area (Å²) in [6.07, 6.45) is 0. The number of hydrogen-bond acceptors (Lipinski definition) is 5. The van der Waals surface area contributed by atoms with Gasteiger partial charge in [-0.2, -0.15) is 0 Å². The third-order valence-corrected chi connectivity index (χ3v) is 1.99. The Hall–Kier alpha value is -2.64. The van der Waals surface area contributed by atoms with E-state index in [0.29, 0.717) is 6.54 Å². The number of carbonyl (C=O) groups excluding carboxylic acids is 2. The zero-order valence-electron chi connectivity index (χ0n) is 10.2. The number of benzene rings is 1. The summed E-state index contributed by atoms with van der Waals surface area (Å²) in [5, 5.41) is 14.9. The predicted octanol–water partition coefficient (Wildman–Crippen LogP) is 0.819. The molecule has 3 amide bonds. The molecule has 0 aromatic heterocycles. The Kier molecular flexibility index (Phi) is 5.27. The molecule has 0 unspecified atom stereocenters. The lowest BCUT2D eigenvalue weighted by atomic mass is 10.3. The van der Waals surface area contributed by atoms with E-state index in [0.717, 1.165) is 0 Å². The number of ether oxygens (including phenoxy) is 1. The number of nitrogens with zero attached hydrogens (tertiary/aromatic N) is 1. The minimum Gasteiger partial charge on any atom is -0.484 e. The van der Waals surface area contributed by atoms with Crippen LogP contribution in [0.15, 0.2) is 24.3 Å². The largest absolute Gasteiger partial charge is 0.484 e. The van der Waals surface area contributed by atoms with Crippen LogP contribution in [0.3, 0.4) is 0 Å². The van der Waals surface area contributed by atoms with E-state index in [-0.39, 0.29) is 11.4 Å². The highest BCUT2D eigenvalue weighted by atomic mass is 16.6. The van der Waals surface area contributed by atoms with Crippen molar-refractivity contribution in [1.82, 2.24) is 10.6 Å². The summed E-state index contributed by atoms with van der Waals surface area (Å²) in [6.45, 7) is 1.70. The van der Waals surface area contributed by atoms with Crippen molar-refractivity contribution in [1.29, 1.82) is 0 Å². The second-order valence-corrected chi connectivity index (χ2v) is 3.45. The van der Waals surface area contributed by atoms with E-state index in [1.54, 1.807) is 6.92 Å². The first-order chi connectivity index (χ1) is 9.02. The first-order valence-electron chi connectivity index (χ1n) is 5.48. The molecule has 0 bridgehead atoms. The van der Waals surface area contributed by atoms with Crippen LogP contribution in [-0.4, -0.2) is 30.0 Å². The molecule has 0 fully saturated rings. The lowest BCUT2D eigenvalue weighted by Crippen LogP contribution is -2.41. The number of imide groups is 1. The molecule has 0 saturated carbocycles. The molecule has 19 heavy (non-hydrogen) atoms. The van der Waals surface area contributed by atoms with Crippen LogP contribution in [0.25, 0.3) is 0 Å². The minimum atomic E-state index is -0.641. The fourth-order valence-electron chi connectivity index (χ4n) is 1.20. The Morgan fingerprint density at radius 2 is 2.16 bits per heavy atom. The Morgan fingerprint density at radius 3 is 2.79 bits per heavy atom. The van der Waals surface area contributed by atoms with E-state index in [9.17, 15) is 19.7 Å². The van der Waals surface area contributed by atoms with Crippen LogP contribution in [0.5, 0.6) is 5.75 Å². The molecule has 0 heterocycles. The van der Waals surface area contributed by atoms with Crippen LogP contribution in [0.2, 0.25) is 0 Å². The van der Waals surface area contributed by atoms with Gasteiger partial charge < -0.3 is 10.1 Å². The van der Waals surface area contributed by atoms with E-state index in [4.69, 9.17) is 4.74 Å². The Morgan fingerprint density at radius 1 is 1.42 bits per heavy atom. The number of carbonyl (C=O) groups is 2. The third kappa shape index (κ3) is 5.02. The third-order valence-electron chi connectivity index (χ3n) is 1.99. The maximum absolute atomic E-state index is 11.3. The molecule has 1 rings (SSSR count). The van der Waals surface area contributed by atoms with Gasteiger partial charge in [-0.15, -0.1) is 0 Å². The van der Waals surface area contributed by atoms with Gasteiger partial charge in [0, 0.05) is 12.6 Å². The van der Waals surface area contributed by atoms with Gasteiger partial charge in [-0.1, -0.05) is 6.07 Å². The normalized spacial score (nSPS) is 9.53. The second kappa shape index (κ2) is 6.94. The van der Waals surface area contributed by atoms with E-state index in [1.165, 1.54) is 24.3 Å². The fourth-order valence-corrected chi connectivity index (χ4v) is 1.20. The van der Waals surface area contributed by atoms with E-state index < -0.39 is 23.5 Å². The van der Waals surface area contributed by atoms with Crippen LogP contribution < -0.4 is 15.4 Å². The predicted molar refractivity (Wildman–Crippen MR) is 65.8 cm³/mol. The Labute approximate surface area is 108 Å². The molecular formula is C11H13N3O5. The van der Waals surface area contributed by atoms with Gasteiger partial charge in [0.2, 0.25) is 0 Å². The van der Waals surface area contributed by atoms with Crippen LogP contribution in [0.1, 0.15) is 6.92 Å². The molecule has 0 atom stereocenters. The molecule has 0 aliphatic carbocycles. The van der Waals surface area contributed by atoms with Crippen LogP contribution in [-0.2, 0) is 4.79 Å². The van der Waals surface area contributed by atoms with Gasteiger partial charge in [-0.25, -0.2) is 4.79 Å². The number of rotatable bonds is 5. The summed E-state index contributed by atoms with van der Waals surface area (Å²) in [4.78, 5) is 32.3. The zero-order valence-corrected chi connectivity index (χ0v) is 10.2. The summed E-state index contributed by atoms with van der Waals surface area (Å²) < 4.78 is 5.04. The molecule has 0 radical (unpaired) electrons. The lowest BCUT2D eigenvalue weighted by molar-refractivity contribution is -0.384. The van der Waals surface area contributed by atoms with Crippen molar-refractivity contribution >= 4 is 17.6 Å². The molecule has 102 valence electrons. The number of hydrogen-bond donors (Lipinski definition) is 2. The van der Waals surface area contributed by atoms with Crippen molar-refractivity contribution in [2.24, 2.45) is 0 Å². The van der Waals surface area contributed by atoms with E-state index in [1.807, 2.05) is 5.32 Å². The van der Waals surface area contributed by atoms with Crippen molar-refractivity contribution in [3.05, 3.63) is 34.4 Å². The standard InChI is InChI=1S/C11H13N3O5/c1-2-12-11(16)13-10(15)7-19-9-5-3-4-8(6-9)14(17)18/h3-6H,2,7H2,1H3,(H2,12,13,15,16). The maximum Gasteiger partial charge on any atom is 0.321 e. The van der Waals surface area contributed by atoms with Crippen LogP contribution in [0, 0.1) is 10.1 Å². The van der Waals surface area contributed by atoms with E-state index >= 15 is 0 Å². The van der Waals surface area contributed by atoms with Crippen LogP contribution in [0.4, 0.5) is 10.5 Å². The molecule has 0 aliphatic rings. The van der Waals surface area contributed by atoms with Crippen molar-refractivity contribution in [2.75, 3.05) is 13.2 Å². The molecule has 1 aromatic carbocycles. The molecule has 8 nitrogen and oxygen atoms in total. The summed E-state index contributed by atoms with van der Waals surface area (Å²) >= 11 is 0. The van der Waals surface area contributed by atoms with Gasteiger partial charge in [-0.05, 0) is 13.0 Å². The first-order valence-corrected chi connectivity index (χ1v) is 5.48. The summed E-state index contributed by atoms with van der Waals surface area (Å²) in [5.41, 5.74) is -0.137. The van der Waals surface area contributed by atoms with Crippen molar-refractivity contribution in [3.8, 4) is 5.75 Å². The number of non-ortho nitro benzene ring substituents is 1. The van der Waals surface area contributed by atoms with Crippen molar-refractivity contribution in [3.63, 3.8) is 0 Å². The van der Waals surface area contributed by atoms with Gasteiger partial charge in [-0.3, -0.25) is 20.2 Å². The molecule has 0 aliphatic heterocycles. The van der Waals surface area contributed by atoms with Crippen molar-refractivity contribution in [2.45, 2.75) is 6.92 Å². The number of nitro benzene ring substituents is 1. The highest BCUT2D eigenvalue weighted by molar-refractivity contribution is 5.94. The maximum atomic E-state index is 11.3. The van der Waals surface area contributed by atoms with Gasteiger partial charge in [0.05, 0.1) is 11.0 Å². The zero-order chi connectivity index (χ0) is 14.3. The van der Waals surface area contributed by atoms with E-state index in [2.05, 4.69) is 5.32 Å². The minimum absolute atomic E-state index is 0.137. The first kappa shape index (κ1) is 14.4. The molecule has 1 aromatic rings. The summed E-state index contributed by atoms with van der Waals surface area (Å²) in [7, 11) is 0. The quantitative estimate of drug-likeness (QED) is 0.606. The van der Waals surface area contributed by atoms with Gasteiger partial charge in [0.15, 0.2) is 6.61 Å². The van der Waals surface area contributed by atoms with Gasteiger partial charge in [0.1, 0.15) is 5.75 Å². The SMILES string of the molecule is CCNC(=O)NC(=O)COc1cccc([N+](=O)[O-])c1. The van der Waals surface area contributed by atoms with Gasteiger partial charge in [0.25, 0.3) is 11.6 Å². The molecular weight excluding hydrogens is 254 g/mol. The highest BCUT2D eigenvalue weighted by Gasteiger charge is 2.09. The Bertz CT molecular complexity index is 489. The summed E-state index contributed by atoms with van der Waals surface area (Å²) in [5.74, 6) is -0.460. The molecule has 0 spiro atoms. The molecule has 2 N–H and O–H groups in total. The number of urea groups is 1. The molecule has 0 saturated heterocycles. The topological polar surface area (TPSA) is 111 Å². The number of amides is 3. The Balaban J connectivity index is 2.48. The highest BCUT2D eigenvalue weighted by Crippen LogP contribution is 2.18. The number of nitrogens with one attached hydrogen (secondary N) is 2. The average molecular weight is 267 g/mol. The second-order valence-electron chi connectivity index (χ2n) is 3.45. The fraction of sp³-hybridized carbons (Fsp3) is 0.273. The van der Waals surface area contributed by atoms with Crippen molar-refractivity contribution < 1.29 is 19.2 Å². The summed E-state index contributed by atoms with van der Waals surface area (Å²) in [6, 6.07) is 4.80. The van der Waals surface area contributed by atoms with Gasteiger partial charge >= 0.3 is 6.03 Å². The average Bonchev–Trinajstić information content (AvgIpc) is 2.37. The lowest BCUT2D eigenvalue weighted by Gasteiger charge is -2.06. The smallest absolute Gasteiger partial charge is 0.321 e. The molecule has 8 heteroatoms. The monoisotopic (exact) mass is 267 g/mol. The van der Waals surface area contributed by atoms with Crippen LogP contribution >= 0.6 is 0 Å².